The Kier molecular flexibility index (Phi) is 3.82. The predicted molar refractivity (Wildman–Crippen MR) is 68.5 cm³/mol. The van der Waals surface area contributed by atoms with Crippen molar-refractivity contribution in [2.75, 3.05) is 26.7 Å². The van der Waals surface area contributed by atoms with Crippen LogP contribution in [0, 0.1) is 5.92 Å². The molecule has 104 valence electrons. The van der Waals surface area contributed by atoms with Gasteiger partial charge in [-0.05, 0) is 27.2 Å². The minimum atomic E-state index is -0.434. The zero-order valence-corrected chi connectivity index (χ0v) is 11.7. The first-order valence-corrected chi connectivity index (χ1v) is 6.65. The van der Waals surface area contributed by atoms with Crippen LogP contribution in [-0.4, -0.2) is 55.5 Å². The molecule has 1 N–H and O–H groups in total. The zero-order valence-electron chi connectivity index (χ0n) is 11.7. The summed E-state index contributed by atoms with van der Waals surface area (Å²) < 4.78 is 11.0. The molecule has 2 saturated heterocycles. The first-order valence-electron chi connectivity index (χ1n) is 6.65. The third-order valence-electron chi connectivity index (χ3n) is 3.69. The first-order chi connectivity index (χ1) is 8.42. The monoisotopic (exact) mass is 256 g/mol. The Morgan fingerprint density at radius 2 is 2.06 bits per heavy atom. The number of fused-ring (bicyclic) bond motifs is 1. The van der Waals surface area contributed by atoms with Crippen molar-refractivity contribution in [3.8, 4) is 0 Å². The summed E-state index contributed by atoms with van der Waals surface area (Å²) in [6, 6.07) is 0.207. The minimum Gasteiger partial charge on any atom is -0.444 e. The highest BCUT2D eigenvalue weighted by Crippen LogP contribution is 2.29. The average molecular weight is 256 g/mol. The Labute approximate surface area is 109 Å². The van der Waals surface area contributed by atoms with Gasteiger partial charge in [-0.25, -0.2) is 4.79 Å². The molecule has 5 heteroatoms. The van der Waals surface area contributed by atoms with E-state index in [1.165, 1.54) is 0 Å². The van der Waals surface area contributed by atoms with Gasteiger partial charge in [0.05, 0.1) is 12.1 Å². The van der Waals surface area contributed by atoms with Crippen molar-refractivity contribution >= 4 is 6.09 Å². The number of piperidine rings is 1. The Bertz CT molecular complexity index is 314. The molecular weight excluding hydrogens is 232 g/mol. The van der Waals surface area contributed by atoms with E-state index in [4.69, 9.17) is 9.47 Å². The van der Waals surface area contributed by atoms with Crippen LogP contribution in [0.15, 0.2) is 0 Å². The molecule has 0 aromatic carbocycles. The SMILES string of the molecule is CO[C@H]1CCN(C(=O)OC(C)(C)C)[C@@H]2CNC[C@H]12. The van der Waals surface area contributed by atoms with Crippen LogP contribution in [0.2, 0.25) is 0 Å². The number of amides is 1. The number of carbonyl (C=O) groups is 1. The molecule has 3 atom stereocenters. The van der Waals surface area contributed by atoms with Gasteiger partial charge in [0, 0.05) is 32.7 Å². The van der Waals surface area contributed by atoms with Crippen molar-refractivity contribution in [3.63, 3.8) is 0 Å². The first kappa shape index (κ1) is 13.6. The lowest BCUT2D eigenvalue weighted by Gasteiger charge is -2.41. The van der Waals surface area contributed by atoms with Crippen molar-refractivity contribution in [3.05, 3.63) is 0 Å². The van der Waals surface area contributed by atoms with Crippen LogP contribution in [0.3, 0.4) is 0 Å². The van der Waals surface area contributed by atoms with Crippen LogP contribution < -0.4 is 5.32 Å². The fourth-order valence-electron chi connectivity index (χ4n) is 2.89. The molecule has 0 bridgehead atoms. The molecule has 1 amide bonds. The van der Waals surface area contributed by atoms with Gasteiger partial charge >= 0.3 is 6.09 Å². The average Bonchev–Trinajstić information content (AvgIpc) is 2.73. The number of ether oxygens (including phenoxy) is 2. The van der Waals surface area contributed by atoms with Gasteiger partial charge < -0.3 is 19.7 Å². The number of hydrogen-bond donors (Lipinski definition) is 1. The molecule has 5 nitrogen and oxygen atoms in total. The van der Waals surface area contributed by atoms with Gasteiger partial charge in [-0.1, -0.05) is 0 Å². The maximum Gasteiger partial charge on any atom is 0.410 e. The smallest absolute Gasteiger partial charge is 0.410 e. The van der Waals surface area contributed by atoms with Crippen LogP contribution in [0.5, 0.6) is 0 Å². The molecule has 2 aliphatic heterocycles. The normalized spacial score (nSPS) is 32.2. The topological polar surface area (TPSA) is 50.8 Å². The Balaban J connectivity index is 2.04. The van der Waals surface area contributed by atoms with E-state index >= 15 is 0 Å². The van der Waals surface area contributed by atoms with Crippen molar-refractivity contribution in [2.24, 2.45) is 5.92 Å². The second-order valence-electron chi connectivity index (χ2n) is 6.13. The molecule has 0 aromatic rings. The predicted octanol–water partition coefficient (Wildman–Crippen LogP) is 1.23. The molecule has 18 heavy (non-hydrogen) atoms. The Morgan fingerprint density at radius 1 is 1.33 bits per heavy atom. The largest absolute Gasteiger partial charge is 0.444 e. The van der Waals surface area contributed by atoms with Gasteiger partial charge in [0.1, 0.15) is 5.60 Å². The fourth-order valence-corrected chi connectivity index (χ4v) is 2.89. The maximum atomic E-state index is 12.2. The van der Waals surface area contributed by atoms with E-state index in [1.807, 2.05) is 25.7 Å². The molecule has 0 aromatic heterocycles. The molecule has 2 rings (SSSR count). The maximum absolute atomic E-state index is 12.2. The molecule has 2 heterocycles. The molecule has 2 aliphatic rings. The number of rotatable bonds is 1. The number of likely N-dealkylation sites (tertiary alicyclic amines) is 1. The van der Waals surface area contributed by atoms with E-state index in [0.29, 0.717) is 5.92 Å². The van der Waals surface area contributed by atoms with Crippen molar-refractivity contribution in [1.82, 2.24) is 10.2 Å². The van der Waals surface area contributed by atoms with E-state index in [0.717, 1.165) is 26.1 Å². The molecule has 2 fully saturated rings. The van der Waals surface area contributed by atoms with Gasteiger partial charge in [0.25, 0.3) is 0 Å². The van der Waals surface area contributed by atoms with Gasteiger partial charge in [0.2, 0.25) is 0 Å². The molecule has 0 saturated carbocycles. The second-order valence-corrected chi connectivity index (χ2v) is 6.13. The van der Waals surface area contributed by atoms with Crippen LogP contribution in [-0.2, 0) is 9.47 Å². The third kappa shape index (κ3) is 2.78. The van der Waals surface area contributed by atoms with E-state index < -0.39 is 5.60 Å². The van der Waals surface area contributed by atoms with Gasteiger partial charge in [-0.3, -0.25) is 0 Å². The highest BCUT2D eigenvalue weighted by Gasteiger charge is 2.44. The van der Waals surface area contributed by atoms with Crippen LogP contribution in [0.4, 0.5) is 4.79 Å². The number of hydrogen-bond acceptors (Lipinski definition) is 4. The summed E-state index contributed by atoms with van der Waals surface area (Å²) in [4.78, 5) is 14.1. The summed E-state index contributed by atoms with van der Waals surface area (Å²) in [7, 11) is 1.75. The summed E-state index contributed by atoms with van der Waals surface area (Å²) in [5.74, 6) is 0.385. The zero-order chi connectivity index (χ0) is 13.3. The molecular formula is C13H24N2O3. The van der Waals surface area contributed by atoms with Gasteiger partial charge in [-0.2, -0.15) is 0 Å². The number of nitrogens with zero attached hydrogens (tertiary/aromatic N) is 1. The van der Waals surface area contributed by atoms with E-state index in [9.17, 15) is 4.79 Å². The van der Waals surface area contributed by atoms with Gasteiger partial charge in [-0.15, -0.1) is 0 Å². The van der Waals surface area contributed by atoms with Crippen molar-refractivity contribution < 1.29 is 14.3 Å². The lowest BCUT2D eigenvalue weighted by molar-refractivity contribution is -0.0364. The number of carbonyl (C=O) groups excluding carboxylic acids is 1. The Morgan fingerprint density at radius 3 is 2.67 bits per heavy atom. The third-order valence-corrected chi connectivity index (χ3v) is 3.69. The summed E-state index contributed by atoms with van der Waals surface area (Å²) in [6.45, 7) is 8.17. The lowest BCUT2D eigenvalue weighted by Crippen LogP contribution is -2.54. The van der Waals surface area contributed by atoms with Crippen LogP contribution in [0.25, 0.3) is 0 Å². The summed E-state index contributed by atoms with van der Waals surface area (Å²) in [5.41, 5.74) is -0.434. The highest BCUT2D eigenvalue weighted by atomic mass is 16.6. The number of methoxy groups -OCH3 is 1. The van der Waals surface area contributed by atoms with Crippen LogP contribution in [0.1, 0.15) is 27.2 Å². The summed E-state index contributed by atoms with van der Waals surface area (Å²) in [6.07, 6.45) is 0.943. The molecule has 0 unspecified atom stereocenters. The second kappa shape index (κ2) is 5.05. The minimum absolute atomic E-state index is 0.198. The van der Waals surface area contributed by atoms with E-state index in [1.54, 1.807) is 7.11 Å². The van der Waals surface area contributed by atoms with Crippen molar-refractivity contribution in [1.29, 1.82) is 0 Å². The Hall–Kier alpha value is -0.810. The van der Waals surface area contributed by atoms with E-state index in [2.05, 4.69) is 5.32 Å². The van der Waals surface area contributed by atoms with E-state index in [-0.39, 0.29) is 18.2 Å². The molecule has 0 radical (unpaired) electrons. The fraction of sp³-hybridized carbons (Fsp3) is 0.923. The van der Waals surface area contributed by atoms with Gasteiger partial charge in [0.15, 0.2) is 0 Å². The molecule has 0 spiro atoms. The quantitative estimate of drug-likeness (QED) is 0.766. The number of nitrogens with one attached hydrogen (secondary N) is 1. The lowest BCUT2D eigenvalue weighted by atomic mass is 9.89. The van der Waals surface area contributed by atoms with Crippen LogP contribution >= 0.6 is 0 Å². The highest BCUT2D eigenvalue weighted by molar-refractivity contribution is 5.69. The molecule has 0 aliphatic carbocycles. The summed E-state index contributed by atoms with van der Waals surface area (Å²) in [5, 5.41) is 3.35. The summed E-state index contributed by atoms with van der Waals surface area (Å²) >= 11 is 0. The van der Waals surface area contributed by atoms with Crippen molar-refractivity contribution in [2.45, 2.75) is 44.9 Å². The standard InChI is InChI=1S/C13H24N2O3/c1-13(2,3)18-12(16)15-6-5-11(17-4)9-7-14-8-10(9)15/h9-11,14H,5-8H2,1-4H3/t9-,10+,11-/m0/s1.